The highest BCUT2D eigenvalue weighted by Crippen LogP contribution is 2.34. The SMILES string of the molecule is CCc1nc(-c2sccc2NC(=O)OCc2ccccc2)nc(C(=O)O)c1N=O. The molecule has 0 bridgehead atoms. The second-order valence-corrected chi connectivity index (χ2v) is 6.71. The van der Waals surface area contributed by atoms with Crippen molar-refractivity contribution in [3.63, 3.8) is 0 Å². The van der Waals surface area contributed by atoms with Crippen LogP contribution in [0.25, 0.3) is 10.7 Å². The summed E-state index contributed by atoms with van der Waals surface area (Å²) in [7, 11) is 0. The second kappa shape index (κ2) is 9.02. The highest BCUT2D eigenvalue weighted by molar-refractivity contribution is 7.14. The fourth-order valence-corrected chi connectivity index (χ4v) is 3.33. The first-order valence-electron chi connectivity index (χ1n) is 8.56. The van der Waals surface area contributed by atoms with E-state index in [0.717, 1.165) is 5.56 Å². The smallest absolute Gasteiger partial charge is 0.412 e. The minimum absolute atomic E-state index is 0.0833. The number of aryl methyl sites for hydroxylation is 1. The molecule has 1 aromatic carbocycles. The molecule has 0 saturated carbocycles. The summed E-state index contributed by atoms with van der Waals surface area (Å²) in [5.41, 5.74) is 0.656. The van der Waals surface area contributed by atoms with Gasteiger partial charge in [0.15, 0.2) is 17.2 Å². The third-order valence-corrected chi connectivity index (χ3v) is 4.81. The first-order chi connectivity index (χ1) is 14.0. The number of rotatable bonds is 7. The molecule has 0 unspecified atom stereocenters. The Kier molecular flexibility index (Phi) is 6.25. The fraction of sp³-hybridized carbons (Fsp3) is 0.158. The number of nitrogens with zero attached hydrogens (tertiary/aromatic N) is 3. The summed E-state index contributed by atoms with van der Waals surface area (Å²) in [6.07, 6.45) is -0.377. The van der Waals surface area contributed by atoms with Gasteiger partial charge in [-0.25, -0.2) is 19.6 Å². The van der Waals surface area contributed by atoms with Crippen LogP contribution in [0.3, 0.4) is 0 Å². The van der Waals surface area contributed by atoms with E-state index in [1.54, 1.807) is 18.4 Å². The standard InChI is InChI=1S/C19H16N4O5S/c1-2-12-14(23-27)15(18(24)25)22-17(20-12)16-13(8-9-29-16)21-19(26)28-10-11-6-4-3-5-7-11/h3-9H,2,10H2,1H3,(H,21,26)(H,24,25). The lowest BCUT2D eigenvalue weighted by Crippen LogP contribution is -2.14. The summed E-state index contributed by atoms with van der Waals surface area (Å²) in [5, 5.41) is 16.4. The van der Waals surface area contributed by atoms with Gasteiger partial charge in [0.25, 0.3) is 0 Å². The molecule has 29 heavy (non-hydrogen) atoms. The monoisotopic (exact) mass is 412 g/mol. The van der Waals surface area contributed by atoms with Crippen LogP contribution >= 0.6 is 11.3 Å². The Morgan fingerprint density at radius 1 is 1.21 bits per heavy atom. The van der Waals surface area contributed by atoms with E-state index in [0.29, 0.717) is 17.0 Å². The van der Waals surface area contributed by atoms with Crippen LogP contribution in [-0.4, -0.2) is 27.1 Å². The summed E-state index contributed by atoms with van der Waals surface area (Å²) in [6.45, 7) is 1.83. The van der Waals surface area contributed by atoms with Gasteiger partial charge in [-0.3, -0.25) is 5.32 Å². The van der Waals surface area contributed by atoms with Crippen LogP contribution in [0.15, 0.2) is 47.0 Å². The molecule has 0 aliphatic heterocycles. The van der Waals surface area contributed by atoms with Crippen molar-refractivity contribution < 1.29 is 19.4 Å². The molecule has 0 fully saturated rings. The molecule has 10 heteroatoms. The number of anilines is 1. The van der Waals surface area contributed by atoms with Crippen molar-refractivity contribution >= 4 is 34.8 Å². The van der Waals surface area contributed by atoms with E-state index in [1.807, 2.05) is 30.3 Å². The molecular weight excluding hydrogens is 396 g/mol. The maximum atomic E-state index is 12.1. The number of carboxylic acid groups (broad SMARTS) is 1. The fourth-order valence-electron chi connectivity index (χ4n) is 2.54. The maximum Gasteiger partial charge on any atom is 0.412 e. The molecule has 0 atom stereocenters. The third kappa shape index (κ3) is 4.61. The molecule has 2 aromatic heterocycles. The Morgan fingerprint density at radius 2 is 1.97 bits per heavy atom. The number of aromatic nitrogens is 2. The number of carbonyl (C=O) groups excluding carboxylic acids is 1. The number of nitroso groups, excluding NO2 is 1. The molecule has 0 radical (unpaired) electrons. The van der Waals surface area contributed by atoms with E-state index in [1.165, 1.54) is 11.3 Å². The molecule has 1 amide bonds. The zero-order valence-electron chi connectivity index (χ0n) is 15.3. The summed E-state index contributed by atoms with van der Waals surface area (Å²) in [5.74, 6) is -1.30. The molecule has 0 aliphatic carbocycles. The number of amides is 1. The highest BCUT2D eigenvalue weighted by Gasteiger charge is 2.22. The second-order valence-electron chi connectivity index (χ2n) is 5.79. The number of carbonyl (C=O) groups is 2. The summed E-state index contributed by atoms with van der Waals surface area (Å²) in [4.78, 5) is 43.3. The lowest BCUT2D eigenvalue weighted by Gasteiger charge is -2.09. The quantitative estimate of drug-likeness (QED) is 0.542. The van der Waals surface area contributed by atoms with Gasteiger partial charge in [-0.15, -0.1) is 16.2 Å². The van der Waals surface area contributed by atoms with Gasteiger partial charge in [0.05, 0.1) is 16.3 Å². The maximum absolute atomic E-state index is 12.1. The average Bonchev–Trinajstić information content (AvgIpc) is 3.19. The van der Waals surface area contributed by atoms with Crippen LogP contribution in [0.4, 0.5) is 16.2 Å². The van der Waals surface area contributed by atoms with E-state index in [4.69, 9.17) is 4.74 Å². The first-order valence-corrected chi connectivity index (χ1v) is 9.44. The van der Waals surface area contributed by atoms with Gasteiger partial charge in [-0.1, -0.05) is 37.3 Å². The number of carboxylic acids is 1. The van der Waals surface area contributed by atoms with Gasteiger partial charge in [-0.05, 0) is 28.6 Å². The molecule has 2 heterocycles. The molecule has 0 saturated heterocycles. The van der Waals surface area contributed by atoms with E-state index in [-0.39, 0.29) is 23.8 Å². The molecular formula is C19H16N4O5S. The van der Waals surface area contributed by atoms with Crippen LogP contribution in [0.5, 0.6) is 0 Å². The molecule has 2 N–H and O–H groups in total. The Morgan fingerprint density at radius 3 is 2.62 bits per heavy atom. The summed E-state index contributed by atoms with van der Waals surface area (Å²) >= 11 is 1.22. The summed E-state index contributed by atoms with van der Waals surface area (Å²) in [6, 6.07) is 10.8. The minimum Gasteiger partial charge on any atom is -0.476 e. The molecule has 148 valence electrons. The van der Waals surface area contributed by atoms with Gasteiger partial charge in [0.2, 0.25) is 0 Å². The van der Waals surface area contributed by atoms with Crippen LogP contribution < -0.4 is 5.32 Å². The molecule has 0 spiro atoms. The van der Waals surface area contributed by atoms with Crippen molar-refractivity contribution in [3.05, 3.63) is 63.6 Å². The normalized spacial score (nSPS) is 10.4. The minimum atomic E-state index is -1.38. The zero-order valence-corrected chi connectivity index (χ0v) is 16.1. The zero-order chi connectivity index (χ0) is 20.8. The van der Waals surface area contributed by atoms with Crippen LogP contribution in [0.1, 0.15) is 28.7 Å². The van der Waals surface area contributed by atoms with Gasteiger partial charge in [0.1, 0.15) is 6.61 Å². The largest absolute Gasteiger partial charge is 0.476 e. The topological polar surface area (TPSA) is 131 Å². The lowest BCUT2D eigenvalue weighted by molar-refractivity contribution is 0.0691. The van der Waals surface area contributed by atoms with Crippen LogP contribution in [0.2, 0.25) is 0 Å². The van der Waals surface area contributed by atoms with Crippen molar-refractivity contribution in [1.82, 2.24) is 9.97 Å². The number of nitrogens with one attached hydrogen (secondary N) is 1. The Hall–Kier alpha value is -3.66. The van der Waals surface area contributed by atoms with Gasteiger partial charge < -0.3 is 9.84 Å². The Bertz CT molecular complexity index is 1050. The van der Waals surface area contributed by atoms with Crippen LogP contribution in [-0.2, 0) is 17.8 Å². The van der Waals surface area contributed by atoms with Crippen molar-refractivity contribution in [2.45, 2.75) is 20.0 Å². The molecule has 0 aliphatic rings. The number of ether oxygens (including phenoxy) is 1. The number of aromatic carboxylic acids is 1. The molecule has 3 rings (SSSR count). The van der Waals surface area contributed by atoms with Crippen LogP contribution in [0, 0.1) is 4.91 Å². The Balaban J connectivity index is 1.84. The van der Waals surface area contributed by atoms with Gasteiger partial charge >= 0.3 is 12.1 Å². The highest BCUT2D eigenvalue weighted by atomic mass is 32.1. The Labute approximate surface area is 169 Å². The van der Waals surface area contributed by atoms with E-state index in [9.17, 15) is 19.6 Å². The van der Waals surface area contributed by atoms with Crippen molar-refractivity contribution in [1.29, 1.82) is 0 Å². The number of hydrogen-bond acceptors (Lipinski definition) is 8. The predicted octanol–water partition coefficient (Wildman–Crippen LogP) is 4.61. The predicted molar refractivity (Wildman–Crippen MR) is 107 cm³/mol. The van der Waals surface area contributed by atoms with Crippen molar-refractivity contribution in [2.24, 2.45) is 5.18 Å². The number of benzene rings is 1. The average molecular weight is 412 g/mol. The van der Waals surface area contributed by atoms with Crippen molar-refractivity contribution in [3.8, 4) is 10.7 Å². The summed E-state index contributed by atoms with van der Waals surface area (Å²) < 4.78 is 5.20. The number of hydrogen-bond donors (Lipinski definition) is 2. The van der Waals surface area contributed by atoms with E-state index >= 15 is 0 Å². The van der Waals surface area contributed by atoms with E-state index in [2.05, 4.69) is 20.5 Å². The molecule has 9 nitrogen and oxygen atoms in total. The lowest BCUT2D eigenvalue weighted by atomic mass is 10.2. The van der Waals surface area contributed by atoms with Gasteiger partial charge in [-0.2, -0.15) is 0 Å². The van der Waals surface area contributed by atoms with E-state index < -0.39 is 17.8 Å². The molecule has 3 aromatic rings. The third-order valence-electron chi connectivity index (χ3n) is 3.90. The van der Waals surface area contributed by atoms with Crippen molar-refractivity contribution in [2.75, 3.05) is 5.32 Å². The first kappa shape index (κ1) is 20.1. The van der Waals surface area contributed by atoms with Gasteiger partial charge in [0, 0.05) is 0 Å². The number of thiophene rings is 1.